The molecule has 0 fully saturated rings. The molecule has 2 aromatic rings. The Balaban J connectivity index is 2.50. The molecule has 0 aliphatic heterocycles. The fraction of sp³-hybridized carbons (Fsp3) is 0.0714. The van der Waals surface area contributed by atoms with Gasteiger partial charge in [-0.05, 0) is 24.3 Å². The summed E-state index contributed by atoms with van der Waals surface area (Å²) >= 11 is 0. The van der Waals surface area contributed by atoms with E-state index in [2.05, 4.69) is 9.21 Å². The minimum absolute atomic E-state index is 0.0873. The third kappa shape index (κ3) is 2.98. The summed E-state index contributed by atoms with van der Waals surface area (Å²) in [5.74, 6) is -0.531. The molecule has 2 rings (SSSR count). The lowest BCUT2D eigenvalue weighted by molar-refractivity contribution is 0.594. The summed E-state index contributed by atoms with van der Waals surface area (Å²) in [6, 6.07) is 12.3. The maximum atomic E-state index is 13.6. The second kappa shape index (κ2) is 5.21. The predicted molar refractivity (Wildman–Crippen MR) is 73.5 cm³/mol. The van der Waals surface area contributed by atoms with Crippen molar-refractivity contribution in [2.24, 2.45) is 4.36 Å². The maximum Gasteiger partial charge on any atom is 0.187 e. The smallest absolute Gasteiger partial charge is 0.187 e. The highest BCUT2D eigenvalue weighted by molar-refractivity contribution is 7.93. The molecule has 19 heavy (non-hydrogen) atoms. The zero-order chi connectivity index (χ0) is 13.9. The molecule has 96 valence electrons. The van der Waals surface area contributed by atoms with Crippen molar-refractivity contribution in [3.63, 3.8) is 0 Å². The largest absolute Gasteiger partial charge is 0.245 e. The summed E-state index contributed by atoms with van der Waals surface area (Å²) in [4.78, 5) is 3.34. The van der Waals surface area contributed by atoms with Crippen LogP contribution >= 0.6 is 0 Å². The zero-order valence-electron chi connectivity index (χ0n) is 10.2. The Morgan fingerprint density at radius 3 is 2.37 bits per heavy atom. The third-order valence-corrected chi connectivity index (χ3v) is 4.21. The van der Waals surface area contributed by atoms with Crippen LogP contribution in [-0.4, -0.2) is 10.5 Å². The molecule has 0 heterocycles. The minimum Gasteiger partial charge on any atom is -0.245 e. The standard InChI is InChI=1S/C14H11FN2OS/c1-16-11-7-9-12(10-8-11)17-19(2,18)14-6-4-3-5-13(14)15/h3-10H,2H3. The molecule has 0 aliphatic rings. The highest BCUT2D eigenvalue weighted by Gasteiger charge is 2.11. The second-order valence-corrected chi connectivity index (χ2v) is 6.18. The number of nitrogens with zero attached hydrogens (tertiary/aromatic N) is 2. The van der Waals surface area contributed by atoms with E-state index in [0.717, 1.165) is 0 Å². The molecule has 0 bridgehead atoms. The Hall–Kier alpha value is -2.19. The fourth-order valence-electron chi connectivity index (χ4n) is 1.59. The first-order chi connectivity index (χ1) is 9.03. The van der Waals surface area contributed by atoms with Gasteiger partial charge in [-0.1, -0.05) is 24.3 Å². The van der Waals surface area contributed by atoms with Crippen LogP contribution in [-0.2, 0) is 9.73 Å². The first-order valence-corrected chi connectivity index (χ1v) is 7.39. The molecular formula is C14H11FN2OS. The van der Waals surface area contributed by atoms with E-state index in [9.17, 15) is 8.60 Å². The van der Waals surface area contributed by atoms with Gasteiger partial charge in [0.25, 0.3) is 0 Å². The quantitative estimate of drug-likeness (QED) is 0.757. The van der Waals surface area contributed by atoms with Gasteiger partial charge in [0.1, 0.15) is 5.82 Å². The van der Waals surface area contributed by atoms with Crippen LogP contribution in [0.5, 0.6) is 0 Å². The molecular weight excluding hydrogens is 263 g/mol. The van der Waals surface area contributed by atoms with Crippen LogP contribution < -0.4 is 0 Å². The van der Waals surface area contributed by atoms with Crippen LogP contribution in [0.3, 0.4) is 0 Å². The van der Waals surface area contributed by atoms with E-state index >= 15 is 0 Å². The van der Waals surface area contributed by atoms with Crippen LogP contribution in [0.25, 0.3) is 4.85 Å². The highest BCUT2D eigenvalue weighted by atomic mass is 32.2. The van der Waals surface area contributed by atoms with E-state index in [1.165, 1.54) is 18.4 Å². The molecule has 0 aliphatic carbocycles. The topological polar surface area (TPSA) is 33.8 Å². The summed E-state index contributed by atoms with van der Waals surface area (Å²) in [5.41, 5.74) is 0.940. The third-order valence-electron chi connectivity index (χ3n) is 2.50. The van der Waals surface area contributed by atoms with Crippen molar-refractivity contribution in [1.29, 1.82) is 0 Å². The van der Waals surface area contributed by atoms with E-state index in [0.29, 0.717) is 11.4 Å². The Kier molecular flexibility index (Phi) is 3.63. The Labute approximate surface area is 111 Å². The Morgan fingerprint density at radius 1 is 1.16 bits per heavy atom. The average Bonchev–Trinajstić information content (AvgIpc) is 2.39. The molecule has 0 N–H and O–H groups in total. The van der Waals surface area contributed by atoms with E-state index < -0.39 is 15.5 Å². The Morgan fingerprint density at radius 2 is 1.79 bits per heavy atom. The molecule has 3 nitrogen and oxygen atoms in total. The molecule has 0 saturated carbocycles. The van der Waals surface area contributed by atoms with E-state index in [4.69, 9.17) is 6.57 Å². The van der Waals surface area contributed by atoms with Crippen molar-refractivity contribution in [1.82, 2.24) is 0 Å². The number of halogens is 1. The average molecular weight is 274 g/mol. The van der Waals surface area contributed by atoms with Crippen molar-refractivity contribution in [2.75, 3.05) is 6.26 Å². The van der Waals surface area contributed by atoms with E-state index in [1.54, 1.807) is 36.4 Å². The first-order valence-electron chi connectivity index (χ1n) is 5.47. The summed E-state index contributed by atoms with van der Waals surface area (Å²) < 4.78 is 30.2. The number of hydrogen-bond acceptors (Lipinski definition) is 2. The summed E-state index contributed by atoms with van der Waals surface area (Å²) in [6.07, 6.45) is 1.40. The molecule has 0 amide bonds. The molecule has 0 spiro atoms. The molecule has 0 saturated heterocycles. The number of benzene rings is 2. The van der Waals surface area contributed by atoms with Gasteiger partial charge in [-0.2, -0.15) is 4.36 Å². The van der Waals surface area contributed by atoms with Crippen molar-refractivity contribution in [3.05, 3.63) is 65.8 Å². The molecule has 1 atom stereocenters. The van der Waals surface area contributed by atoms with Crippen LogP contribution in [0.2, 0.25) is 0 Å². The Bertz CT molecular complexity index is 754. The van der Waals surface area contributed by atoms with E-state index in [-0.39, 0.29) is 4.90 Å². The zero-order valence-corrected chi connectivity index (χ0v) is 11.0. The van der Waals surface area contributed by atoms with Crippen molar-refractivity contribution >= 4 is 21.1 Å². The summed E-state index contributed by atoms with van der Waals surface area (Å²) in [6.45, 7) is 6.85. The lowest BCUT2D eigenvalue weighted by Gasteiger charge is -2.05. The highest BCUT2D eigenvalue weighted by Crippen LogP contribution is 2.23. The van der Waals surface area contributed by atoms with Gasteiger partial charge in [0, 0.05) is 6.26 Å². The van der Waals surface area contributed by atoms with Crippen LogP contribution in [0.4, 0.5) is 15.8 Å². The lowest BCUT2D eigenvalue weighted by Crippen LogP contribution is -1.99. The van der Waals surface area contributed by atoms with Crippen molar-refractivity contribution in [3.8, 4) is 0 Å². The van der Waals surface area contributed by atoms with Crippen LogP contribution in [0.1, 0.15) is 0 Å². The molecule has 1 unspecified atom stereocenters. The van der Waals surface area contributed by atoms with Crippen LogP contribution in [0.15, 0.2) is 57.8 Å². The maximum absolute atomic E-state index is 13.6. The first kappa shape index (κ1) is 13.2. The lowest BCUT2D eigenvalue weighted by atomic mass is 10.3. The summed E-state index contributed by atoms with van der Waals surface area (Å²) in [7, 11) is -2.84. The monoisotopic (exact) mass is 274 g/mol. The van der Waals surface area contributed by atoms with Gasteiger partial charge in [0.2, 0.25) is 0 Å². The van der Waals surface area contributed by atoms with Crippen molar-refractivity contribution in [2.45, 2.75) is 4.90 Å². The van der Waals surface area contributed by atoms with Gasteiger partial charge >= 0.3 is 0 Å². The van der Waals surface area contributed by atoms with Gasteiger partial charge in [-0.25, -0.2) is 13.4 Å². The molecule has 0 radical (unpaired) electrons. The predicted octanol–water partition coefficient (Wildman–Crippen LogP) is 4.16. The minimum atomic E-state index is -2.84. The van der Waals surface area contributed by atoms with Crippen LogP contribution in [0, 0.1) is 12.4 Å². The van der Waals surface area contributed by atoms with Gasteiger partial charge < -0.3 is 0 Å². The van der Waals surface area contributed by atoms with Gasteiger partial charge in [-0.3, -0.25) is 0 Å². The number of hydrogen-bond donors (Lipinski definition) is 0. The van der Waals surface area contributed by atoms with Gasteiger partial charge in [-0.15, -0.1) is 0 Å². The second-order valence-electron chi connectivity index (χ2n) is 3.95. The number of rotatable bonds is 2. The summed E-state index contributed by atoms with van der Waals surface area (Å²) in [5, 5.41) is 0. The van der Waals surface area contributed by atoms with Gasteiger partial charge in [0.15, 0.2) is 5.69 Å². The molecule has 0 aromatic heterocycles. The fourth-order valence-corrected chi connectivity index (χ4v) is 2.97. The van der Waals surface area contributed by atoms with Gasteiger partial charge in [0.05, 0.1) is 26.9 Å². The van der Waals surface area contributed by atoms with Crippen molar-refractivity contribution < 1.29 is 8.60 Å². The normalized spacial score (nSPS) is 13.3. The SMILES string of the molecule is [C-]#[N+]c1ccc(N=S(C)(=O)c2ccccc2F)cc1. The molecule has 2 aromatic carbocycles. The molecule has 5 heteroatoms. The van der Waals surface area contributed by atoms with E-state index in [1.807, 2.05) is 0 Å².